The lowest BCUT2D eigenvalue weighted by atomic mass is 10.1. The van der Waals surface area contributed by atoms with Crippen molar-refractivity contribution < 1.29 is 45.0 Å². The number of carbonyl (C=O) groups is 3. The molecule has 22 heavy (non-hydrogen) atoms. The molecule has 0 aromatic rings. The molecular formula is C13H24O9. The van der Waals surface area contributed by atoms with Crippen LogP contribution in [0, 0.1) is 0 Å². The van der Waals surface area contributed by atoms with Gasteiger partial charge in [-0.25, -0.2) is 0 Å². The summed E-state index contributed by atoms with van der Waals surface area (Å²) >= 11 is 0. The zero-order valence-corrected chi connectivity index (χ0v) is 12.2. The fraction of sp³-hybridized carbons (Fsp3) is 0.769. The molecule has 3 atom stereocenters. The highest BCUT2D eigenvalue weighted by Gasteiger charge is 2.22. The smallest absolute Gasteiger partial charge is 0.303 e. The van der Waals surface area contributed by atoms with E-state index in [1.54, 1.807) is 0 Å². The quantitative estimate of drug-likeness (QED) is 0.201. The van der Waals surface area contributed by atoms with Gasteiger partial charge in [0.15, 0.2) is 6.29 Å². The fourth-order valence-corrected chi connectivity index (χ4v) is 1.32. The van der Waals surface area contributed by atoms with E-state index in [4.69, 9.17) is 30.6 Å². The molecule has 0 rings (SSSR count). The molecule has 0 aliphatic rings. The van der Waals surface area contributed by atoms with Crippen LogP contribution in [0.25, 0.3) is 0 Å². The van der Waals surface area contributed by atoms with Gasteiger partial charge in [-0.15, -0.1) is 0 Å². The Bertz CT molecular complexity index is 301. The van der Waals surface area contributed by atoms with E-state index in [0.717, 1.165) is 12.8 Å². The van der Waals surface area contributed by atoms with Gasteiger partial charge in [-0.3, -0.25) is 9.59 Å². The maximum absolute atomic E-state index is 10.0. The molecule has 0 amide bonds. The first kappa shape index (κ1) is 22.7. The van der Waals surface area contributed by atoms with Gasteiger partial charge in [0.2, 0.25) is 0 Å². The van der Waals surface area contributed by atoms with Crippen LogP contribution in [0.1, 0.15) is 38.5 Å². The minimum absolute atomic E-state index is 0.0869. The topological polar surface area (TPSA) is 173 Å². The second kappa shape index (κ2) is 14.4. The molecule has 0 heterocycles. The number of carboxylic acids is 2. The number of hydrogen-bond acceptors (Lipinski definition) is 7. The summed E-state index contributed by atoms with van der Waals surface area (Å²) in [7, 11) is 0. The van der Waals surface area contributed by atoms with E-state index in [1.807, 2.05) is 0 Å². The highest BCUT2D eigenvalue weighted by Crippen LogP contribution is 2.04. The summed E-state index contributed by atoms with van der Waals surface area (Å²) in [5.41, 5.74) is 0. The number of aliphatic hydroxyl groups is 4. The first-order valence-electron chi connectivity index (χ1n) is 6.80. The van der Waals surface area contributed by atoms with Gasteiger partial charge in [0.05, 0.1) is 6.61 Å². The van der Waals surface area contributed by atoms with Crippen LogP contribution in [0.15, 0.2) is 0 Å². The van der Waals surface area contributed by atoms with Crippen LogP contribution >= 0.6 is 0 Å². The molecule has 0 saturated carbocycles. The SMILES string of the molecule is O=C(O)CCCCCCC(=O)O.O=C[C@H](O)[C@@H](O)[C@H](O)CO. The minimum atomic E-state index is -1.64. The molecule has 0 fully saturated rings. The van der Waals surface area contributed by atoms with Crippen molar-refractivity contribution in [2.45, 2.75) is 56.8 Å². The molecular weight excluding hydrogens is 300 g/mol. The summed E-state index contributed by atoms with van der Waals surface area (Å²) in [4.78, 5) is 29.9. The van der Waals surface area contributed by atoms with Crippen molar-refractivity contribution in [1.82, 2.24) is 0 Å². The van der Waals surface area contributed by atoms with Crippen molar-refractivity contribution in [2.24, 2.45) is 0 Å². The second-order valence-corrected chi connectivity index (χ2v) is 4.57. The predicted octanol–water partition coefficient (Wildman–Crippen LogP) is -1.24. The van der Waals surface area contributed by atoms with E-state index in [-0.39, 0.29) is 19.1 Å². The largest absolute Gasteiger partial charge is 0.481 e. The number of hydrogen-bond donors (Lipinski definition) is 6. The van der Waals surface area contributed by atoms with Crippen molar-refractivity contribution in [3.8, 4) is 0 Å². The van der Waals surface area contributed by atoms with Gasteiger partial charge < -0.3 is 35.4 Å². The zero-order valence-electron chi connectivity index (χ0n) is 12.2. The van der Waals surface area contributed by atoms with Crippen LogP contribution in [0.4, 0.5) is 0 Å². The summed E-state index contributed by atoms with van der Waals surface area (Å²) in [5.74, 6) is -1.57. The Morgan fingerprint density at radius 3 is 1.55 bits per heavy atom. The molecule has 0 spiro atoms. The summed E-state index contributed by atoms with van der Waals surface area (Å²) in [6.45, 7) is -0.688. The Morgan fingerprint density at radius 1 is 0.864 bits per heavy atom. The lowest BCUT2D eigenvalue weighted by molar-refractivity contribution is -0.138. The van der Waals surface area contributed by atoms with Crippen molar-refractivity contribution >= 4 is 18.2 Å². The molecule has 0 aliphatic carbocycles. The van der Waals surface area contributed by atoms with Crippen molar-refractivity contribution in [3.63, 3.8) is 0 Å². The molecule has 9 nitrogen and oxygen atoms in total. The predicted molar refractivity (Wildman–Crippen MR) is 74.1 cm³/mol. The first-order chi connectivity index (χ1) is 10.3. The van der Waals surface area contributed by atoms with Crippen LogP contribution in [-0.4, -0.2) is 73.8 Å². The van der Waals surface area contributed by atoms with Crippen LogP contribution in [0.5, 0.6) is 0 Å². The van der Waals surface area contributed by atoms with Crippen LogP contribution in [0.3, 0.4) is 0 Å². The highest BCUT2D eigenvalue weighted by atomic mass is 16.4. The van der Waals surface area contributed by atoms with Crippen molar-refractivity contribution in [1.29, 1.82) is 0 Å². The molecule has 130 valence electrons. The van der Waals surface area contributed by atoms with E-state index >= 15 is 0 Å². The Kier molecular flexibility index (Phi) is 14.9. The Hall–Kier alpha value is -1.55. The number of aliphatic hydroxyl groups excluding tert-OH is 4. The number of carbonyl (C=O) groups excluding carboxylic acids is 1. The summed E-state index contributed by atoms with van der Waals surface area (Å²) in [5, 5.41) is 50.6. The molecule has 0 unspecified atom stereocenters. The first-order valence-corrected chi connectivity index (χ1v) is 6.80. The van der Waals surface area contributed by atoms with Crippen LogP contribution in [0.2, 0.25) is 0 Å². The third-order valence-corrected chi connectivity index (χ3v) is 2.60. The zero-order chi connectivity index (χ0) is 17.5. The molecule has 0 aliphatic heterocycles. The maximum atomic E-state index is 10.0. The van der Waals surface area contributed by atoms with Gasteiger partial charge in [-0.2, -0.15) is 0 Å². The normalized spacial score (nSPS) is 14.2. The lowest BCUT2D eigenvalue weighted by Crippen LogP contribution is -2.40. The Labute approximate surface area is 127 Å². The number of aliphatic carboxylic acids is 2. The minimum Gasteiger partial charge on any atom is -0.481 e. The third-order valence-electron chi connectivity index (χ3n) is 2.60. The number of aldehydes is 1. The maximum Gasteiger partial charge on any atom is 0.303 e. The standard InChI is InChI=1S/C8H14O4.C5H10O5/c9-7(10)5-3-1-2-4-6-8(11)12;6-1-3(8)5(10)4(9)2-7/h1-6H2,(H,9,10)(H,11,12);1,3-5,7-10H,2H2/t;3-,4+,5+/m.0/s1. The van der Waals surface area contributed by atoms with Gasteiger partial charge in [0.25, 0.3) is 0 Å². The summed E-state index contributed by atoms with van der Waals surface area (Å²) < 4.78 is 0. The summed E-state index contributed by atoms with van der Waals surface area (Å²) in [6.07, 6.45) is -1.35. The van der Waals surface area contributed by atoms with Gasteiger partial charge in [-0.1, -0.05) is 12.8 Å². The number of rotatable bonds is 11. The van der Waals surface area contributed by atoms with E-state index in [1.165, 1.54) is 0 Å². The molecule has 0 saturated heterocycles. The molecule has 0 aromatic heterocycles. The Balaban J connectivity index is 0. The average Bonchev–Trinajstić information content (AvgIpc) is 2.48. The monoisotopic (exact) mass is 324 g/mol. The second-order valence-electron chi connectivity index (χ2n) is 4.57. The lowest BCUT2D eigenvalue weighted by Gasteiger charge is -2.16. The van der Waals surface area contributed by atoms with Crippen molar-refractivity contribution in [2.75, 3.05) is 6.61 Å². The van der Waals surface area contributed by atoms with E-state index in [0.29, 0.717) is 12.8 Å². The molecule has 0 bridgehead atoms. The fourth-order valence-electron chi connectivity index (χ4n) is 1.32. The molecule has 6 N–H and O–H groups in total. The number of unbranched alkanes of at least 4 members (excludes halogenated alkanes) is 3. The van der Waals surface area contributed by atoms with Crippen LogP contribution in [-0.2, 0) is 14.4 Å². The van der Waals surface area contributed by atoms with E-state index in [2.05, 4.69) is 0 Å². The van der Waals surface area contributed by atoms with Crippen molar-refractivity contribution in [3.05, 3.63) is 0 Å². The molecule has 9 heteroatoms. The molecule has 0 radical (unpaired) electrons. The van der Waals surface area contributed by atoms with Crippen LogP contribution < -0.4 is 0 Å². The van der Waals surface area contributed by atoms with E-state index < -0.39 is 36.9 Å². The Morgan fingerprint density at radius 2 is 1.27 bits per heavy atom. The number of carboxylic acid groups (broad SMARTS) is 2. The van der Waals surface area contributed by atoms with Gasteiger partial charge >= 0.3 is 11.9 Å². The van der Waals surface area contributed by atoms with Gasteiger partial charge in [-0.05, 0) is 12.8 Å². The van der Waals surface area contributed by atoms with E-state index in [9.17, 15) is 14.4 Å². The highest BCUT2D eigenvalue weighted by molar-refractivity contribution is 5.66. The van der Waals surface area contributed by atoms with Gasteiger partial charge in [0, 0.05) is 12.8 Å². The van der Waals surface area contributed by atoms with Gasteiger partial charge in [0.1, 0.15) is 18.3 Å². The molecule has 0 aromatic carbocycles. The summed E-state index contributed by atoms with van der Waals surface area (Å²) in [6, 6.07) is 0. The average molecular weight is 324 g/mol. The third kappa shape index (κ3) is 14.9.